The average Bonchev–Trinajstić information content (AvgIpc) is 2.55. The second-order valence-corrected chi connectivity index (χ2v) is 3.15. The number of ether oxygens (including phenoxy) is 1. The lowest BCUT2D eigenvalue weighted by Gasteiger charge is -1.99. The topological polar surface area (TPSA) is 53.1 Å². The summed E-state index contributed by atoms with van der Waals surface area (Å²) in [5.41, 5.74) is 8.64. The van der Waals surface area contributed by atoms with Gasteiger partial charge in [0.05, 0.1) is 18.1 Å². The van der Waals surface area contributed by atoms with Crippen LogP contribution in [0.2, 0.25) is 0 Å². The van der Waals surface area contributed by atoms with E-state index in [0.29, 0.717) is 12.6 Å². The summed E-state index contributed by atoms with van der Waals surface area (Å²) in [6, 6.07) is 6.57. The normalized spacial score (nSPS) is 10.8. The fraction of sp³-hybridized carbons (Fsp3) is 0.300. The van der Waals surface area contributed by atoms with E-state index in [2.05, 4.69) is 4.98 Å². The number of fused-ring (bicyclic) bond motifs is 1. The van der Waals surface area contributed by atoms with Crippen molar-refractivity contribution in [2.75, 3.05) is 7.11 Å². The molecule has 1 aromatic carbocycles. The number of hydrogen-bond acceptors (Lipinski definition) is 3. The number of imidazole rings is 1. The van der Waals surface area contributed by atoms with Crippen molar-refractivity contribution in [3.05, 3.63) is 23.8 Å². The van der Waals surface area contributed by atoms with E-state index in [0.717, 1.165) is 16.6 Å². The summed E-state index contributed by atoms with van der Waals surface area (Å²) < 4.78 is 7.05. The summed E-state index contributed by atoms with van der Waals surface area (Å²) in [6.45, 7) is 0.498. The van der Waals surface area contributed by atoms with Gasteiger partial charge in [-0.2, -0.15) is 4.98 Å². The molecule has 0 aliphatic heterocycles. The number of aryl methyl sites for hydroxylation is 1. The first-order valence-corrected chi connectivity index (χ1v) is 4.46. The predicted molar refractivity (Wildman–Crippen MR) is 55.2 cm³/mol. The van der Waals surface area contributed by atoms with Gasteiger partial charge in [-0.05, 0) is 11.6 Å². The molecule has 0 fully saturated rings. The number of para-hydroxylation sites is 1. The Kier molecular flexibility index (Phi) is 2.13. The van der Waals surface area contributed by atoms with Crippen molar-refractivity contribution in [2.45, 2.75) is 6.54 Å². The molecule has 2 aromatic rings. The van der Waals surface area contributed by atoms with E-state index in [1.807, 2.05) is 29.8 Å². The lowest BCUT2D eigenvalue weighted by atomic mass is 10.2. The van der Waals surface area contributed by atoms with Crippen molar-refractivity contribution in [3.8, 4) is 6.01 Å². The molecule has 1 aromatic heterocycles. The van der Waals surface area contributed by atoms with Crippen LogP contribution in [0.3, 0.4) is 0 Å². The molecule has 14 heavy (non-hydrogen) atoms. The molecule has 0 bridgehead atoms. The second kappa shape index (κ2) is 3.31. The molecular formula is C10H13N3O. The Balaban J connectivity index is 2.77. The van der Waals surface area contributed by atoms with Crippen LogP contribution in [-0.2, 0) is 13.6 Å². The number of aromatic nitrogens is 2. The predicted octanol–water partition coefficient (Wildman–Crippen LogP) is 1.04. The highest BCUT2D eigenvalue weighted by molar-refractivity contribution is 5.80. The van der Waals surface area contributed by atoms with Gasteiger partial charge in [0.2, 0.25) is 0 Å². The van der Waals surface area contributed by atoms with E-state index in [1.54, 1.807) is 7.11 Å². The number of methoxy groups -OCH3 is 1. The zero-order valence-corrected chi connectivity index (χ0v) is 8.32. The average molecular weight is 191 g/mol. The number of nitrogens with two attached hydrogens (primary N) is 1. The molecule has 0 unspecified atom stereocenters. The minimum Gasteiger partial charge on any atom is -0.468 e. The van der Waals surface area contributed by atoms with Crippen LogP contribution in [-0.4, -0.2) is 16.7 Å². The lowest BCUT2D eigenvalue weighted by Crippen LogP contribution is -1.97. The minimum absolute atomic E-state index is 0.498. The summed E-state index contributed by atoms with van der Waals surface area (Å²) in [5, 5.41) is 0. The van der Waals surface area contributed by atoms with Gasteiger partial charge in [-0.15, -0.1) is 0 Å². The Bertz CT molecular complexity index is 462. The number of rotatable bonds is 2. The molecular weight excluding hydrogens is 178 g/mol. The zero-order valence-electron chi connectivity index (χ0n) is 8.32. The highest BCUT2D eigenvalue weighted by Crippen LogP contribution is 2.22. The summed E-state index contributed by atoms with van der Waals surface area (Å²) in [5.74, 6) is 0. The third-order valence-electron chi connectivity index (χ3n) is 2.36. The molecule has 0 spiro atoms. The van der Waals surface area contributed by atoms with E-state index < -0.39 is 0 Å². The molecule has 0 aliphatic rings. The Labute approximate surface area is 82.3 Å². The molecule has 0 saturated heterocycles. The first-order chi connectivity index (χ1) is 6.77. The number of hydrogen-bond donors (Lipinski definition) is 1. The Morgan fingerprint density at radius 3 is 2.93 bits per heavy atom. The Morgan fingerprint density at radius 2 is 2.29 bits per heavy atom. The summed E-state index contributed by atoms with van der Waals surface area (Å²) in [7, 11) is 3.54. The van der Waals surface area contributed by atoms with E-state index in [4.69, 9.17) is 10.5 Å². The fourth-order valence-corrected chi connectivity index (χ4v) is 1.60. The Hall–Kier alpha value is -1.55. The highest BCUT2D eigenvalue weighted by Gasteiger charge is 2.09. The van der Waals surface area contributed by atoms with Crippen LogP contribution in [0, 0.1) is 0 Å². The van der Waals surface area contributed by atoms with E-state index in [-0.39, 0.29) is 0 Å². The minimum atomic E-state index is 0.498. The lowest BCUT2D eigenvalue weighted by molar-refractivity contribution is 0.368. The van der Waals surface area contributed by atoms with Gasteiger partial charge in [0.25, 0.3) is 6.01 Å². The van der Waals surface area contributed by atoms with Gasteiger partial charge in [-0.25, -0.2) is 0 Å². The van der Waals surface area contributed by atoms with Crippen LogP contribution in [0.15, 0.2) is 18.2 Å². The smallest absolute Gasteiger partial charge is 0.296 e. The quantitative estimate of drug-likeness (QED) is 0.771. The molecule has 4 heteroatoms. The van der Waals surface area contributed by atoms with Crippen LogP contribution < -0.4 is 10.5 Å². The molecule has 0 atom stereocenters. The first kappa shape index (κ1) is 9.02. The fourth-order valence-electron chi connectivity index (χ4n) is 1.60. The second-order valence-electron chi connectivity index (χ2n) is 3.15. The highest BCUT2D eigenvalue weighted by atomic mass is 16.5. The van der Waals surface area contributed by atoms with Crippen LogP contribution in [0.4, 0.5) is 0 Å². The molecule has 74 valence electrons. The van der Waals surface area contributed by atoms with Gasteiger partial charge >= 0.3 is 0 Å². The summed E-state index contributed by atoms with van der Waals surface area (Å²) in [6.07, 6.45) is 0. The van der Waals surface area contributed by atoms with Crippen molar-refractivity contribution in [1.82, 2.24) is 9.55 Å². The van der Waals surface area contributed by atoms with Gasteiger partial charge in [0, 0.05) is 13.6 Å². The summed E-state index contributed by atoms with van der Waals surface area (Å²) in [4.78, 5) is 4.36. The number of benzene rings is 1. The van der Waals surface area contributed by atoms with Crippen LogP contribution in [0.1, 0.15) is 5.56 Å². The Morgan fingerprint density at radius 1 is 1.50 bits per heavy atom. The molecule has 0 saturated carbocycles. The van der Waals surface area contributed by atoms with Crippen molar-refractivity contribution in [1.29, 1.82) is 0 Å². The maximum absolute atomic E-state index is 5.63. The SMILES string of the molecule is COc1nc2c(CN)cccc2n1C. The summed E-state index contributed by atoms with van der Waals surface area (Å²) >= 11 is 0. The van der Waals surface area contributed by atoms with Crippen molar-refractivity contribution in [2.24, 2.45) is 12.8 Å². The van der Waals surface area contributed by atoms with E-state index in [9.17, 15) is 0 Å². The third kappa shape index (κ3) is 1.15. The van der Waals surface area contributed by atoms with Gasteiger partial charge in [-0.3, -0.25) is 4.57 Å². The van der Waals surface area contributed by atoms with Crippen LogP contribution in [0.25, 0.3) is 11.0 Å². The van der Waals surface area contributed by atoms with Gasteiger partial charge in [0.15, 0.2) is 0 Å². The molecule has 2 N–H and O–H groups in total. The molecule has 0 radical (unpaired) electrons. The third-order valence-corrected chi connectivity index (χ3v) is 2.36. The molecule has 0 amide bonds. The molecule has 0 aliphatic carbocycles. The van der Waals surface area contributed by atoms with Gasteiger partial charge in [-0.1, -0.05) is 12.1 Å². The van der Waals surface area contributed by atoms with Crippen molar-refractivity contribution < 1.29 is 4.74 Å². The van der Waals surface area contributed by atoms with Crippen LogP contribution >= 0.6 is 0 Å². The largest absolute Gasteiger partial charge is 0.468 e. The van der Waals surface area contributed by atoms with E-state index in [1.165, 1.54) is 0 Å². The van der Waals surface area contributed by atoms with Crippen molar-refractivity contribution in [3.63, 3.8) is 0 Å². The first-order valence-electron chi connectivity index (χ1n) is 4.46. The molecule has 4 nitrogen and oxygen atoms in total. The zero-order chi connectivity index (χ0) is 10.1. The number of nitrogens with zero attached hydrogens (tertiary/aromatic N) is 2. The molecule has 2 rings (SSSR count). The monoisotopic (exact) mass is 191 g/mol. The molecule has 1 heterocycles. The standard InChI is InChI=1S/C10H13N3O/c1-13-8-5-3-4-7(6-11)9(8)12-10(13)14-2/h3-5H,6,11H2,1-2H3. The van der Waals surface area contributed by atoms with E-state index >= 15 is 0 Å². The van der Waals surface area contributed by atoms with Gasteiger partial charge in [0.1, 0.15) is 0 Å². The van der Waals surface area contributed by atoms with Crippen LogP contribution in [0.5, 0.6) is 6.01 Å². The van der Waals surface area contributed by atoms with Gasteiger partial charge < -0.3 is 10.5 Å². The maximum atomic E-state index is 5.63. The van der Waals surface area contributed by atoms with Crippen molar-refractivity contribution >= 4 is 11.0 Å². The maximum Gasteiger partial charge on any atom is 0.296 e.